The number of carbonyl (C=O) groups excluding carboxylic acids is 1. The average Bonchev–Trinajstić information content (AvgIpc) is 3.61. The van der Waals surface area contributed by atoms with Gasteiger partial charge < -0.3 is 9.42 Å². The Morgan fingerprint density at radius 1 is 1.09 bits per heavy atom. The summed E-state index contributed by atoms with van der Waals surface area (Å²) in [5.41, 5.74) is 4.89. The summed E-state index contributed by atoms with van der Waals surface area (Å²) >= 11 is 1.64. The van der Waals surface area contributed by atoms with Gasteiger partial charge in [0.25, 0.3) is 0 Å². The van der Waals surface area contributed by atoms with Crippen LogP contribution in [0.15, 0.2) is 64.6 Å². The van der Waals surface area contributed by atoms with E-state index >= 15 is 0 Å². The van der Waals surface area contributed by atoms with Crippen molar-refractivity contribution in [2.75, 3.05) is 26.2 Å². The van der Waals surface area contributed by atoms with Crippen LogP contribution in [0.25, 0.3) is 22.3 Å². The second-order valence-electron chi connectivity index (χ2n) is 8.43. The maximum atomic E-state index is 12.9. The van der Waals surface area contributed by atoms with Gasteiger partial charge in [0.15, 0.2) is 0 Å². The predicted octanol–water partition coefficient (Wildman–Crippen LogP) is 4.56. The van der Waals surface area contributed by atoms with Crippen molar-refractivity contribution in [3.8, 4) is 16.3 Å². The van der Waals surface area contributed by atoms with Crippen LogP contribution in [0.2, 0.25) is 0 Å². The summed E-state index contributed by atoms with van der Waals surface area (Å²) in [6.07, 6.45) is 5.54. The van der Waals surface area contributed by atoms with Crippen LogP contribution in [-0.2, 0) is 11.3 Å². The lowest BCUT2D eigenvalue weighted by Gasteiger charge is -2.34. The molecular weight excluding hydrogens is 446 g/mol. The van der Waals surface area contributed by atoms with E-state index in [0.717, 1.165) is 58.5 Å². The highest BCUT2D eigenvalue weighted by molar-refractivity contribution is 7.13. The molecule has 174 valence electrons. The zero-order chi connectivity index (χ0) is 23.5. The number of benzene rings is 1. The van der Waals surface area contributed by atoms with Gasteiger partial charge in [0.2, 0.25) is 5.91 Å². The van der Waals surface area contributed by atoms with Crippen molar-refractivity contribution in [3.63, 3.8) is 0 Å². The Labute approximate surface area is 202 Å². The molecule has 0 saturated carbocycles. The van der Waals surface area contributed by atoms with E-state index in [1.165, 1.54) is 0 Å². The van der Waals surface area contributed by atoms with Crippen LogP contribution in [-0.4, -0.2) is 56.8 Å². The summed E-state index contributed by atoms with van der Waals surface area (Å²) in [6.45, 7) is 7.79. The van der Waals surface area contributed by atoms with Crippen LogP contribution in [0.5, 0.6) is 0 Å². The number of nitrogens with zero attached hydrogens (tertiary/aromatic N) is 5. The number of para-hydroxylation sites is 1. The lowest BCUT2D eigenvalue weighted by Crippen LogP contribution is -2.47. The Morgan fingerprint density at radius 2 is 1.88 bits per heavy atom. The van der Waals surface area contributed by atoms with Gasteiger partial charge in [-0.2, -0.15) is 5.10 Å². The van der Waals surface area contributed by atoms with Gasteiger partial charge in [-0.05, 0) is 43.5 Å². The quantitative estimate of drug-likeness (QED) is 0.384. The Bertz CT molecular complexity index is 1260. The van der Waals surface area contributed by atoms with Crippen molar-refractivity contribution in [2.45, 2.75) is 20.4 Å². The lowest BCUT2D eigenvalue weighted by molar-refractivity contribution is -0.127. The average molecular weight is 474 g/mol. The number of amides is 1. The second kappa shape index (κ2) is 9.79. The van der Waals surface area contributed by atoms with Gasteiger partial charge in [-0.15, -0.1) is 11.3 Å². The first kappa shape index (κ1) is 22.3. The molecule has 0 bridgehead atoms. The zero-order valence-corrected chi connectivity index (χ0v) is 20.2. The zero-order valence-electron chi connectivity index (χ0n) is 19.3. The summed E-state index contributed by atoms with van der Waals surface area (Å²) in [4.78, 5) is 18.3. The van der Waals surface area contributed by atoms with Crippen molar-refractivity contribution in [3.05, 3.63) is 82.7 Å². The standard InChI is InChI=1S/C26H27N5O2S/c1-19-23(20(2)33-28-19)18-29-12-14-30(15-13-29)25(32)11-10-21-17-31(22-7-4-3-5-8-22)27-26(21)24-9-6-16-34-24/h3-11,16-17H,12-15,18H2,1-2H3/b11-10+. The summed E-state index contributed by atoms with van der Waals surface area (Å²) in [6, 6.07) is 14.1. The van der Waals surface area contributed by atoms with Crippen molar-refractivity contribution in [2.24, 2.45) is 0 Å². The number of rotatable bonds is 6. The van der Waals surface area contributed by atoms with E-state index in [-0.39, 0.29) is 5.91 Å². The molecule has 0 radical (unpaired) electrons. The minimum Gasteiger partial charge on any atom is -0.361 e. The largest absolute Gasteiger partial charge is 0.361 e. The minimum absolute atomic E-state index is 0.0292. The van der Waals surface area contributed by atoms with Crippen LogP contribution in [0.4, 0.5) is 0 Å². The van der Waals surface area contributed by atoms with Crippen LogP contribution < -0.4 is 0 Å². The molecule has 0 unspecified atom stereocenters. The number of piperazine rings is 1. The highest BCUT2D eigenvalue weighted by Gasteiger charge is 2.22. The third-order valence-electron chi connectivity index (χ3n) is 6.17. The predicted molar refractivity (Wildman–Crippen MR) is 134 cm³/mol. The van der Waals surface area contributed by atoms with Crippen LogP contribution in [0.1, 0.15) is 22.6 Å². The molecule has 1 aliphatic rings. The molecule has 3 aromatic heterocycles. The molecule has 34 heavy (non-hydrogen) atoms. The van der Waals surface area contributed by atoms with E-state index in [1.54, 1.807) is 17.4 Å². The first-order chi connectivity index (χ1) is 16.6. The number of thiophene rings is 1. The summed E-state index contributed by atoms with van der Waals surface area (Å²) in [7, 11) is 0. The van der Waals surface area contributed by atoms with Crippen LogP contribution in [0, 0.1) is 13.8 Å². The van der Waals surface area contributed by atoms with Gasteiger partial charge in [-0.1, -0.05) is 29.4 Å². The number of hydrogen-bond acceptors (Lipinski definition) is 6. The Balaban J connectivity index is 1.27. The van der Waals surface area contributed by atoms with Crippen molar-refractivity contribution >= 4 is 23.3 Å². The molecule has 4 aromatic rings. The summed E-state index contributed by atoms with van der Waals surface area (Å²) < 4.78 is 7.15. The minimum atomic E-state index is 0.0292. The molecule has 1 fully saturated rings. The molecule has 0 spiro atoms. The van der Waals surface area contributed by atoms with E-state index in [4.69, 9.17) is 9.62 Å². The molecule has 7 nitrogen and oxygen atoms in total. The molecule has 0 aliphatic carbocycles. The molecule has 1 saturated heterocycles. The van der Waals surface area contributed by atoms with Crippen molar-refractivity contribution in [1.82, 2.24) is 24.7 Å². The SMILES string of the molecule is Cc1noc(C)c1CN1CCN(C(=O)/C=C/c2cn(-c3ccccc3)nc2-c2cccs2)CC1. The van der Waals surface area contributed by atoms with Gasteiger partial charge in [0.05, 0.1) is 16.3 Å². The molecule has 1 aliphatic heterocycles. The van der Waals surface area contributed by atoms with Gasteiger partial charge in [-0.3, -0.25) is 9.69 Å². The van der Waals surface area contributed by atoms with Crippen LogP contribution >= 0.6 is 11.3 Å². The number of aryl methyl sites for hydroxylation is 2. The maximum absolute atomic E-state index is 12.9. The molecule has 5 rings (SSSR count). The summed E-state index contributed by atoms with van der Waals surface area (Å²) in [5, 5.41) is 10.9. The van der Waals surface area contributed by atoms with Gasteiger partial charge in [0.1, 0.15) is 11.5 Å². The fourth-order valence-corrected chi connectivity index (χ4v) is 4.90. The van der Waals surface area contributed by atoms with E-state index in [0.29, 0.717) is 13.1 Å². The highest BCUT2D eigenvalue weighted by Crippen LogP contribution is 2.28. The van der Waals surface area contributed by atoms with E-state index < -0.39 is 0 Å². The van der Waals surface area contributed by atoms with Gasteiger partial charge in [0, 0.05) is 56.1 Å². The Hall–Kier alpha value is -3.49. The number of aromatic nitrogens is 3. The van der Waals surface area contributed by atoms with E-state index in [1.807, 2.05) is 77.5 Å². The second-order valence-corrected chi connectivity index (χ2v) is 9.38. The third kappa shape index (κ3) is 4.73. The monoisotopic (exact) mass is 473 g/mol. The number of hydrogen-bond donors (Lipinski definition) is 0. The number of carbonyl (C=O) groups is 1. The first-order valence-corrected chi connectivity index (χ1v) is 12.3. The topological polar surface area (TPSA) is 67.4 Å². The van der Waals surface area contributed by atoms with Gasteiger partial charge >= 0.3 is 0 Å². The van der Waals surface area contributed by atoms with E-state index in [9.17, 15) is 4.79 Å². The lowest BCUT2D eigenvalue weighted by atomic mass is 10.1. The Morgan fingerprint density at radius 3 is 2.56 bits per heavy atom. The molecule has 0 atom stereocenters. The maximum Gasteiger partial charge on any atom is 0.246 e. The van der Waals surface area contributed by atoms with Crippen LogP contribution in [0.3, 0.4) is 0 Å². The molecule has 1 aromatic carbocycles. The Kier molecular flexibility index (Phi) is 6.42. The first-order valence-electron chi connectivity index (χ1n) is 11.4. The fourth-order valence-electron chi connectivity index (χ4n) is 4.17. The fraction of sp³-hybridized carbons (Fsp3) is 0.269. The highest BCUT2D eigenvalue weighted by atomic mass is 32.1. The smallest absolute Gasteiger partial charge is 0.246 e. The normalized spacial score (nSPS) is 14.8. The molecule has 8 heteroatoms. The van der Waals surface area contributed by atoms with Gasteiger partial charge in [-0.25, -0.2) is 4.68 Å². The molecular formula is C26H27N5O2S. The van der Waals surface area contributed by atoms with Crippen molar-refractivity contribution in [1.29, 1.82) is 0 Å². The van der Waals surface area contributed by atoms with Crippen molar-refractivity contribution < 1.29 is 9.32 Å². The van der Waals surface area contributed by atoms with E-state index in [2.05, 4.69) is 16.1 Å². The molecule has 0 N–H and O–H groups in total. The molecule has 1 amide bonds. The summed E-state index contributed by atoms with van der Waals surface area (Å²) in [5.74, 6) is 0.901. The molecule has 4 heterocycles. The third-order valence-corrected chi connectivity index (χ3v) is 7.05.